The van der Waals surface area contributed by atoms with Gasteiger partial charge in [0, 0.05) is 4.47 Å². The molecule has 1 saturated carbocycles. The predicted octanol–water partition coefficient (Wildman–Crippen LogP) is 2.76. The molecule has 3 aliphatic rings. The van der Waals surface area contributed by atoms with E-state index in [0.717, 1.165) is 10.9 Å². The van der Waals surface area contributed by atoms with Crippen molar-refractivity contribution in [2.24, 2.45) is 23.7 Å². The highest BCUT2D eigenvalue weighted by Crippen LogP contribution is 2.53. The molecule has 2 fully saturated rings. The van der Waals surface area contributed by atoms with Gasteiger partial charge in [-0.05, 0) is 42.5 Å². The number of carbonyl (C=O) groups excluding carboxylic acids is 2. The zero-order valence-electron chi connectivity index (χ0n) is 10.1. The molecule has 3 nitrogen and oxygen atoms in total. The van der Waals surface area contributed by atoms with Gasteiger partial charge in [0.05, 0.1) is 17.5 Å². The summed E-state index contributed by atoms with van der Waals surface area (Å²) in [4.78, 5) is 26.4. The van der Waals surface area contributed by atoms with E-state index in [2.05, 4.69) is 28.1 Å². The van der Waals surface area contributed by atoms with Gasteiger partial charge < -0.3 is 0 Å². The Morgan fingerprint density at radius 1 is 0.947 bits per heavy atom. The third-order valence-electron chi connectivity index (χ3n) is 4.56. The molecule has 96 valence electrons. The number of hydrogen-bond donors (Lipinski definition) is 0. The van der Waals surface area contributed by atoms with Crippen molar-refractivity contribution >= 4 is 33.4 Å². The maximum absolute atomic E-state index is 12.5. The van der Waals surface area contributed by atoms with Crippen molar-refractivity contribution in [3.8, 4) is 0 Å². The number of allylic oxidation sites excluding steroid dienone is 2. The normalized spacial score (nSPS) is 35.3. The Balaban J connectivity index is 1.74. The van der Waals surface area contributed by atoms with Crippen LogP contribution in [0, 0.1) is 23.7 Å². The number of fused-ring (bicyclic) bond motifs is 5. The molecule has 2 amide bonds. The number of halogens is 1. The van der Waals surface area contributed by atoms with Crippen molar-refractivity contribution in [1.29, 1.82) is 0 Å². The standard InChI is InChI=1S/C15H12BrNO2/c16-10-3-5-11(6-4-10)17-14(18)12-8-1-2-9(7-8)13(12)15(17)19/h1-6,8-9,12-13H,7H2/t8-,9+,12-,13-/m0/s1. The summed E-state index contributed by atoms with van der Waals surface area (Å²) in [7, 11) is 0. The van der Waals surface area contributed by atoms with Gasteiger partial charge in [-0.25, -0.2) is 0 Å². The summed E-state index contributed by atoms with van der Waals surface area (Å²) in [5.41, 5.74) is 0.687. The highest BCUT2D eigenvalue weighted by molar-refractivity contribution is 9.10. The van der Waals surface area contributed by atoms with Crippen molar-refractivity contribution in [3.05, 3.63) is 40.9 Å². The van der Waals surface area contributed by atoms with E-state index in [9.17, 15) is 9.59 Å². The molecule has 0 aromatic heterocycles. The average molecular weight is 318 g/mol. The molecule has 1 saturated heterocycles. The molecule has 1 aromatic carbocycles. The first kappa shape index (κ1) is 11.4. The van der Waals surface area contributed by atoms with Crippen LogP contribution in [-0.4, -0.2) is 11.8 Å². The zero-order chi connectivity index (χ0) is 13.1. The molecule has 1 aromatic rings. The zero-order valence-corrected chi connectivity index (χ0v) is 11.7. The molecule has 0 N–H and O–H groups in total. The van der Waals surface area contributed by atoms with Crippen LogP contribution >= 0.6 is 15.9 Å². The van der Waals surface area contributed by atoms with Crippen LogP contribution in [0.25, 0.3) is 0 Å². The van der Waals surface area contributed by atoms with E-state index in [4.69, 9.17) is 0 Å². The van der Waals surface area contributed by atoms with Crippen LogP contribution in [0.3, 0.4) is 0 Å². The molecule has 0 radical (unpaired) electrons. The number of imide groups is 1. The number of nitrogens with zero attached hydrogens (tertiary/aromatic N) is 1. The summed E-state index contributed by atoms with van der Waals surface area (Å²) in [5.74, 6) is 0.263. The largest absolute Gasteiger partial charge is 0.274 e. The molecule has 4 rings (SSSR count). The van der Waals surface area contributed by atoms with E-state index in [1.807, 2.05) is 24.3 Å². The minimum atomic E-state index is -0.119. The van der Waals surface area contributed by atoms with E-state index in [1.165, 1.54) is 4.90 Å². The van der Waals surface area contributed by atoms with Gasteiger partial charge in [-0.1, -0.05) is 28.1 Å². The van der Waals surface area contributed by atoms with E-state index >= 15 is 0 Å². The average Bonchev–Trinajstić information content (AvgIpc) is 3.06. The molecule has 2 bridgehead atoms. The lowest BCUT2D eigenvalue weighted by Gasteiger charge is -2.17. The summed E-state index contributed by atoms with van der Waals surface area (Å²) in [5, 5.41) is 0. The van der Waals surface area contributed by atoms with Crippen LogP contribution in [0.15, 0.2) is 40.9 Å². The lowest BCUT2D eigenvalue weighted by atomic mass is 9.85. The number of hydrogen-bond acceptors (Lipinski definition) is 2. The molecular weight excluding hydrogens is 306 g/mol. The van der Waals surface area contributed by atoms with Gasteiger partial charge in [-0.15, -0.1) is 0 Å². The first-order valence-corrected chi connectivity index (χ1v) is 7.28. The summed E-state index contributed by atoms with van der Waals surface area (Å²) >= 11 is 3.36. The Hall–Kier alpha value is -1.42. The number of benzene rings is 1. The van der Waals surface area contributed by atoms with E-state index in [0.29, 0.717) is 5.69 Å². The molecule has 1 heterocycles. The molecule has 19 heavy (non-hydrogen) atoms. The lowest BCUT2D eigenvalue weighted by molar-refractivity contribution is -0.123. The maximum Gasteiger partial charge on any atom is 0.238 e. The van der Waals surface area contributed by atoms with Gasteiger partial charge in [0.15, 0.2) is 0 Å². The highest BCUT2D eigenvalue weighted by atomic mass is 79.9. The molecule has 4 atom stereocenters. The summed E-state index contributed by atoms with van der Waals surface area (Å²) in [6.07, 6.45) is 5.20. The third kappa shape index (κ3) is 1.43. The fraction of sp³-hybridized carbons (Fsp3) is 0.333. The first-order valence-electron chi connectivity index (χ1n) is 6.48. The second kappa shape index (κ2) is 3.79. The van der Waals surface area contributed by atoms with Gasteiger partial charge in [-0.2, -0.15) is 0 Å². The number of amides is 2. The Kier molecular flexibility index (Phi) is 2.28. The fourth-order valence-electron chi connectivity index (χ4n) is 3.75. The Labute approximate surface area is 119 Å². The van der Waals surface area contributed by atoms with Crippen molar-refractivity contribution < 1.29 is 9.59 Å². The van der Waals surface area contributed by atoms with Crippen LogP contribution in [0.1, 0.15) is 6.42 Å². The van der Waals surface area contributed by atoms with Crippen LogP contribution in [0.5, 0.6) is 0 Å². The van der Waals surface area contributed by atoms with Crippen LogP contribution < -0.4 is 4.90 Å². The molecule has 0 spiro atoms. The van der Waals surface area contributed by atoms with Gasteiger partial charge in [-0.3, -0.25) is 14.5 Å². The maximum atomic E-state index is 12.5. The molecule has 2 aliphatic carbocycles. The van der Waals surface area contributed by atoms with Gasteiger partial charge >= 0.3 is 0 Å². The minimum Gasteiger partial charge on any atom is -0.274 e. The van der Waals surface area contributed by atoms with Crippen molar-refractivity contribution in [3.63, 3.8) is 0 Å². The Bertz CT molecular complexity index is 577. The number of carbonyl (C=O) groups is 2. The van der Waals surface area contributed by atoms with Crippen molar-refractivity contribution in [2.45, 2.75) is 6.42 Å². The fourth-order valence-corrected chi connectivity index (χ4v) is 4.01. The van der Waals surface area contributed by atoms with Crippen LogP contribution in [0.4, 0.5) is 5.69 Å². The van der Waals surface area contributed by atoms with Crippen molar-refractivity contribution in [2.75, 3.05) is 4.90 Å². The molecule has 1 aliphatic heterocycles. The third-order valence-corrected chi connectivity index (χ3v) is 5.08. The van der Waals surface area contributed by atoms with E-state index in [1.54, 1.807) is 0 Å². The first-order chi connectivity index (χ1) is 9.16. The van der Waals surface area contributed by atoms with Gasteiger partial charge in [0.1, 0.15) is 0 Å². The van der Waals surface area contributed by atoms with Gasteiger partial charge in [0.25, 0.3) is 0 Å². The quantitative estimate of drug-likeness (QED) is 0.590. The Morgan fingerprint density at radius 2 is 1.47 bits per heavy atom. The van der Waals surface area contributed by atoms with E-state index < -0.39 is 0 Å². The highest BCUT2D eigenvalue weighted by Gasteiger charge is 2.59. The summed E-state index contributed by atoms with van der Waals surface area (Å²) in [6, 6.07) is 7.35. The minimum absolute atomic E-state index is 0.0193. The summed E-state index contributed by atoms with van der Waals surface area (Å²) < 4.78 is 0.942. The topological polar surface area (TPSA) is 37.4 Å². The van der Waals surface area contributed by atoms with Crippen LogP contribution in [0.2, 0.25) is 0 Å². The SMILES string of the molecule is O=C1[C@@H]2[C@@H](C(=O)N1c1ccc(Br)cc1)[C@H]1C=C[C@@H]2C1. The van der Waals surface area contributed by atoms with Crippen LogP contribution in [-0.2, 0) is 9.59 Å². The second-order valence-corrected chi connectivity index (χ2v) is 6.40. The van der Waals surface area contributed by atoms with E-state index in [-0.39, 0.29) is 35.5 Å². The molecule has 0 unspecified atom stereocenters. The Morgan fingerprint density at radius 3 is 2.00 bits per heavy atom. The number of rotatable bonds is 1. The summed E-state index contributed by atoms with van der Waals surface area (Å²) in [6.45, 7) is 0. The molecular formula is C15H12BrNO2. The molecule has 4 heteroatoms. The predicted molar refractivity (Wildman–Crippen MR) is 74.4 cm³/mol. The van der Waals surface area contributed by atoms with Crippen molar-refractivity contribution in [1.82, 2.24) is 0 Å². The monoisotopic (exact) mass is 317 g/mol. The lowest BCUT2D eigenvalue weighted by Crippen LogP contribution is -2.32. The smallest absolute Gasteiger partial charge is 0.238 e. The number of anilines is 1. The van der Waals surface area contributed by atoms with Gasteiger partial charge in [0.2, 0.25) is 11.8 Å². The second-order valence-electron chi connectivity index (χ2n) is 5.49.